The van der Waals surface area contributed by atoms with Gasteiger partial charge in [-0.1, -0.05) is 6.92 Å². The zero-order chi connectivity index (χ0) is 10.8. The lowest BCUT2D eigenvalue weighted by atomic mass is 9.90. The zero-order valence-corrected chi connectivity index (χ0v) is 11.0. The van der Waals surface area contributed by atoms with Gasteiger partial charge in [-0.2, -0.15) is 11.8 Å². The van der Waals surface area contributed by atoms with E-state index in [0.29, 0.717) is 0 Å². The second-order valence-corrected chi connectivity index (χ2v) is 6.17. The lowest BCUT2D eigenvalue weighted by molar-refractivity contribution is 0.0780. The molecule has 0 radical (unpaired) electrons. The van der Waals surface area contributed by atoms with Crippen molar-refractivity contribution in [2.45, 2.75) is 44.0 Å². The molecular formula is C12H24N2S. The molecule has 2 heterocycles. The van der Waals surface area contributed by atoms with Crippen LogP contribution in [0.3, 0.4) is 0 Å². The molecule has 3 heteroatoms. The van der Waals surface area contributed by atoms with Crippen molar-refractivity contribution in [3.63, 3.8) is 0 Å². The fourth-order valence-electron chi connectivity index (χ4n) is 3.05. The van der Waals surface area contributed by atoms with E-state index in [9.17, 15) is 0 Å². The Labute approximate surface area is 98.2 Å². The van der Waals surface area contributed by atoms with Crippen LogP contribution < -0.4 is 5.32 Å². The summed E-state index contributed by atoms with van der Waals surface area (Å²) in [6.07, 6.45) is 5.06. The molecule has 0 aromatic carbocycles. The SMILES string of the molecule is CSC1CNCC1N1CCCC(C)C1C. The molecule has 2 saturated heterocycles. The van der Waals surface area contributed by atoms with Crippen LogP contribution in [0.4, 0.5) is 0 Å². The highest BCUT2D eigenvalue weighted by molar-refractivity contribution is 7.99. The van der Waals surface area contributed by atoms with Crippen molar-refractivity contribution < 1.29 is 0 Å². The second-order valence-electron chi connectivity index (χ2n) is 5.10. The van der Waals surface area contributed by atoms with Gasteiger partial charge in [-0.25, -0.2) is 0 Å². The minimum atomic E-state index is 0.776. The Morgan fingerprint density at radius 1 is 1.27 bits per heavy atom. The second kappa shape index (κ2) is 5.07. The molecule has 0 aromatic rings. The van der Waals surface area contributed by atoms with Crippen molar-refractivity contribution >= 4 is 11.8 Å². The summed E-state index contributed by atoms with van der Waals surface area (Å²) in [7, 11) is 0. The average molecular weight is 228 g/mol. The van der Waals surface area contributed by atoms with E-state index in [0.717, 1.165) is 23.3 Å². The molecule has 0 aromatic heterocycles. The number of thioether (sulfide) groups is 1. The summed E-state index contributed by atoms with van der Waals surface area (Å²) in [6, 6.07) is 1.55. The molecule has 0 saturated carbocycles. The molecule has 2 aliphatic rings. The first kappa shape index (κ1) is 11.7. The van der Waals surface area contributed by atoms with Crippen LogP contribution in [-0.4, -0.2) is 48.1 Å². The van der Waals surface area contributed by atoms with Crippen LogP contribution in [0.2, 0.25) is 0 Å². The molecule has 88 valence electrons. The maximum Gasteiger partial charge on any atom is 0.0354 e. The molecule has 0 spiro atoms. The van der Waals surface area contributed by atoms with Gasteiger partial charge in [0.25, 0.3) is 0 Å². The van der Waals surface area contributed by atoms with Gasteiger partial charge in [0.1, 0.15) is 0 Å². The Hall–Kier alpha value is 0.270. The monoisotopic (exact) mass is 228 g/mol. The summed E-state index contributed by atoms with van der Waals surface area (Å²) in [6.45, 7) is 8.54. The van der Waals surface area contributed by atoms with Gasteiger partial charge in [-0.15, -0.1) is 0 Å². The van der Waals surface area contributed by atoms with Gasteiger partial charge in [-0.05, 0) is 38.5 Å². The molecule has 2 rings (SSSR count). The van der Waals surface area contributed by atoms with Crippen LogP contribution in [0, 0.1) is 5.92 Å². The van der Waals surface area contributed by atoms with E-state index in [1.54, 1.807) is 0 Å². The van der Waals surface area contributed by atoms with Crippen molar-refractivity contribution in [1.29, 1.82) is 0 Å². The van der Waals surface area contributed by atoms with Crippen LogP contribution in [0.15, 0.2) is 0 Å². The summed E-state index contributed by atoms with van der Waals surface area (Å²) in [5.74, 6) is 0.877. The number of likely N-dealkylation sites (tertiary alicyclic amines) is 1. The molecule has 0 aliphatic carbocycles. The summed E-state index contributed by atoms with van der Waals surface area (Å²) in [5.41, 5.74) is 0. The van der Waals surface area contributed by atoms with Gasteiger partial charge >= 0.3 is 0 Å². The lowest BCUT2D eigenvalue weighted by Gasteiger charge is -2.43. The van der Waals surface area contributed by atoms with Crippen LogP contribution in [-0.2, 0) is 0 Å². The average Bonchev–Trinajstić information content (AvgIpc) is 2.70. The Balaban J connectivity index is 2.01. The predicted molar refractivity (Wildman–Crippen MR) is 68.5 cm³/mol. The van der Waals surface area contributed by atoms with E-state index >= 15 is 0 Å². The van der Waals surface area contributed by atoms with Crippen LogP contribution in [0.5, 0.6) is 0 Å². The van der Waals surface area contributed by atoms with E-state index < -0.39 is 0 Å². The molecule has 2 nitrogen and oxygen atoms in total. The standard InChI is InChI=1S/C12H24N2S/c1-9-5-4-6-14(10(9)2)11-7-13-8-12(11)15-3/h9-13H,4-8H2,1-3H3. The van der Waals surface area contributed by atoms with Gasteiger partial charge < -0.3 is 5.32 Å². The third-order valence-electron chi connectivity index (χ3n) is 4.28. The molecule has 0 amide bonds. The fourth-order valence-corrected chi connectivity index (χ4v) is 3.90. The van der Waals surface area contributed by atoms with Crippen molar-refractivity contribution in [1.82, 2.24) is 10.2 Å². The first-order valence-electron chi connectivity index (χ1n) is 6.23. The number of nitrogens with one attached hydrogen (secondary N) is 1. The maximum atomic E-state index is 3.54. The highest BCUT2D eigenvalue weighted by Gasteiger charge is 2.36. The summed E-state index contributed by atoms with van der Waals surface area (Å²) >= 11 is 2.03. The quantitative estimate of drug-likeness (QED) is 0.776. The third-order valence-corrected chi connectivity index (χ3v) is 5.37. The van der Waals surface area contributed by atoms with E-state index in [1.807, 2.05) is 11.8 Å². The van der Waals surface area contributed by atoms with Crippen molar-refractivity contribution in [2.75, 3.05) is 25.9 Å². The fraction of sp³-hybridized carbons (Fsp3) is 1.00. The van der Waals surface area contributed by atoms with E-state index in [1.165, 1.54) is 32.5 Å². The minimum absolute atomic E-state index is 0.776. The molecule has 4 atom stereocenters. The first-order chi connectivity index (χ1) is 7.24. The molecular weight excluding hydrogens is 204 g/mol. The van der Waals surface area contributed by atoms with Crippen LogP contribution >= 0.6 is 11.8 Å². The predicted octanol–water partition coefficient (Wildman–Crippen LogP) is 1.81. The van der Waals surface area contributed by atoms with Gasteiger partial charge in [0.05, 0.1) is 0 Å². The summed E-state index contributed by atoms with van der Waals surface area (Å²) in [5, 5.41) is 4.35. The number of nitrogens with zero attached hydrogens (tertiary/aromatic N) is 1. The van der Waals surface area contributed by atoms with Crippen molar-refractivity contribution in [3.8, 4) is 0 Å². The van der Waals surface area contributed by atoms with E-state index in [-0.39, 0.29) is 0 Å². The Bertz CT molecular complexity index is 210. The third kappa shape index (κ3) is 2.34. The molecule has 0 bridgehead atoms. The highest BCUT2D eigenvalue weighted by Crippen LogP contribution is 2.29. The van der Waals surface area contributed by atoms with E-state index in [4.69, 9.17) is 0 Å². The summed E-state index contributed by atoms with van der Waals surface area (Å²) < 4.78 is 0. The lowest BCUT2D eigenvalue weighted by Crippen LogP contribution is -2.52. The Morgan fingerprint density at radius 3 is 2.80 bits per heavy atom. The van der Waals surface area contributed by atoms with Crippen LogP contribution in [0.25, 0.3) is 0 Å². The zero-order valence-electron chi connectivity index (χ0n) is 10.2. The van der Waals surface area contributed by atoms with Crippen molar-refractivity contribution in [2.24, 2.45) is 5.92 Å². The van der Waals surface area contributed by atoms with Gasteiger partial charge in [-0.3, -0.25) is 4.90 Å². The molecule has 4 unspecified atom stereocenters. The van der Waals surface area contributed by atoms with Gasteiger partial charge in [0.2, 0.25) is 0 Å². The highest BCUT2D eigenvalue weighted by atomic mass is 32.2. The first-order valence-corrected chi connectivity index (χ1v) is 7.52. The number of rotatable bonds is 2. The summed E-state index contributed by atoms with van der Waals surface area (Å²) in [4.78, 5) is 2.76. The molecule has 1 N–H and O–H groups in total. The van der Waals surface area contributed by atoms with Gasteiger partial charge in [0.15, 0.2) is 0 Å². The van der Waals surface area contributed by atoms with Crippen LogP contribution in [0.1, 0.15) is 26.7 Å². The van der Waals surface area contributed by atoms with Crippen molar-refractivity contribution in [3.05, 3.63) is 0 Å². The normalized spacial score (nSPS) is 43.4. The number of hydrogen-bond acceptors (Lipinski definition) is 3. The van der Waals surface area contributed by atoms with E-state index in [2.05, 4.69) is 30.3 Å². The molecule has 15 heavy (non-hydrogen) atoms. The maximum absolute atomic E-state index is 3.54. The van der Waals surface area contributed by atoms with Gasteiger partial charge in [0, 0.05) is 30.4 Å². The molecule has 2 fully saturated rings. The Morgan fingerprint density at radius 2 is 2.07 bits per heavy atom. The topological polar surface area (TPSA) is 15.3 Å². The largest absolute Gasteiger partial charge is 0.314 e. The number of hydrogen-bond donors (Lipinski definition) is 1. The molecule has 2 aliphatic heterocycles. The Kier molecular flexibility index (Phi) is 3.97. The smallest absolute Gasteiger partial charge is 0.0354 e. The number of piperidine rings is 1. The minimum Gasteiger partial charge on any atom is -0.314 e.